The van der Waals surface area contributed by atoms with Crippen molar-refractivity contribution in [3.8, 4) is 0 Å². The fourth-order valence-electron chi connectivity index (χ4n) is 1.54. The molecule has 1 aromatic carbocycles. The Bertz CT molecular complexity index is 479. The maximum atomic E-state index is 11.8. The number of aliphatic hydroxyl groups is 2. The SMILES string of the molecule is CCC(CO)(CO)NC(=O)Nc1cccc([N+](=O)[O-])c1. The second kappa shape index (κ2) is 6.83. The van der Waals surface area contributed by atoms with Gasteiger partial charge < -0.3 is 20.8 Å². The van der Waals surface area contributed by atoms with Gasteiger partial charge in [0, 0.05) is 17.8 Å². The monoisotopic (exact) mass is 283 g/mol. The van der Waals surface area contributed by atoms with Gasteiger partial charge in [0.1, 0.15) is 0 Å². The van der Waals surface area contributed by atoms with E-state index in [1.54, 1.807) is 6.92 Å². The van der Waals surface area contributed by atoms with Crippen LogP contribution in [-0.2, 0) is 0 Å². The summed E-state index contributed by atoms with van der Waals surface area (Å²) in [7, 11) is 0. The van der Waals surface area contributed by atoms with Gasteiger partial charge in [-0.2, -0.15) is 0 Å². The van der Waals surface area contributed by atoms with Crippen LogP contribution in [0, 0.1) is 10.1 Å². The largest absolute Gasteiger partial charge is 0.394 e. The van der Waals surface area contributed by atoms with Gasteiger partial charge in [-0.3, -0.25) is 10.1 Å². The maximum Gasteiger partial charge on any atom is 0.319 e. The Morgan fingerprint density at radius 2 is 2.05 bits per heavy atom. The minimum Gasteiger partial charge on any atom is -0.394 e. The predicted octanol–water partition coefficient (Wildman–Crippen LogP) is 0.850. The van der Waals surface area contributed by atoms with Crippen molar-refractivity contribution in [3.05, 3.63) is 34.4 Å². The van der Waals surface area contributed by atoms with Crippen LogP contribution in [0.5, 0.6) is 0 Å². The van der Waals surface area contributed by atoms with Gasteiger partial charge in [-0.25, -0.2) is 4.79 Å². The van der Waals surface area contributed by atoms with E-state index in [2.05, 4.69) is 10.6 Å². The molecule has 8 heteroatoms. The third-order valence-corrected chi connectivity index (χ3v) is 2.98. The number of hydrogen-bond donors (Lipinski definition) is 4. The van der Waals surface area contributed by atoms with Gasteiger partial charge in [-0.1, -0.05) is 13.0 Å². The number of non-ortho nitro benzene ring substituents is 1. The number of urea groups is 1. The van der Waals surface area contributed by atoms with Crippen LogP contribution in [0.15, 0.2) is 24.3 Å². The second-order valence-corrected chi connectivity index (χ2v) is 4.34. The average molecular weight is 283 g/mol. The first kappa shape index (κ1) is 15.9. The minimum absolute atomic E-state index is 0.145. The van der Waals surface area contributed by atoms with Crippen molar-refractivity contribution in [2.45, 2.75) is 18.9 Å². The molecule has 4 N–H and O–H groups in total. The van der Waals surface area contributed by atoms with E-state index in [1.165, 1.54) is 24.3 Å². The minimum atomic E-state index is -1.12. The van der Waals surface area contributed by atoms with Crippen LogP contribution in [0.25, 0.3) is 0 Å². The molecule has 0 saturated carbocycles. The van der Waals surface area contributed by atoms with Crippen molar-refractivity contribution in [3.63, 3.8) is 0 Å². The molecule has 2 amide bonds. The van der Waals surface area contributed by atoms with Gasteiger partial charge in [0.15, 0.2) is 0 Å². The molecule has 1 rings (SSSR count). The molecular formula is C12H17N3O5. The second-order valence-electron chi connectivity index (χ2n) is 4.34. The van der Waals surface area contributed by atoms with Crippen molar-refractivity contribution in [1.82, 2.24) is 5.32 Å². The molecule has 0 fully saturated rings. The zero-order chi connectivity index (χ0) is 15.2. The molecule has 8 nitrogen and oxygen atoms in total. The molecule has 0 aliphatic heterocycles. The van der Waals surface area contributed by atoms with E-state index in [1.807, 2.05) is 0 Å². The molecule has 110 valence electrons. The summed E-state index contributed by atoms with van der Waals surface area (Å²) < 4.78 is 0. The summed E-state index contributed by atoms with van der Waals surface area (Å²) >= 11 is 0. The summed E-state index contributed by atoms with van der Waals surface area (Å²) in [6, 6.07) is 4.80. The van der Waals surface area contributed by atoms with Crippen LogP contribution in [0.3, 0.4) is 0 Å². The number of anilines is 1. The Balaban J connectivity index is 2.76. The molecule has 0 bridgehead atoms. The van der Waals surface area contributed by atoms with Gasteiger partial charge in [-0.05, 0) is 12.5 Å². The van der Waals surface area contributed by atoms with E-state index in [0.29, 0.717) is 6.42 Å². The van der Waals surface area contributed by atoms with Crippen LogP contribution in [0.4, 0.5) is 16.2 Å². The quantitative estimate of drug-likeness (QED) is 0.455. The fraction of sp³-hybridized carbons (Fsp3) is 0.417. The third kappa shape index (κ3) is 3.90. The first-order valence-electron chi connectivity index (χ1n) is 6.01. The fourth-order valence-corrected chi connectivity index (χ4v) is 1.54. The lowest BCUT2D eigenvalue weighted by Gasteiger charge is -2.29. The first-order valence-corrected chi connectivity index (χ1v) is 6.01. The highest BCUT2D eigenvalue weighted by molar-refractivity contribution is 5.90. The molecule has 0 atom stereocenters. The molecule has 0 spiro atoms. The summed E-state index contributed by atoms with van der Waals surface area (Å²) in [6.07, 6.45) is 0.336. The summed E-state index contributed by atoms with van der Waals surface area (Å²) in [5, 5.41) is 33.9. The normalized spacial score (nSPS) is 10.9. The smallest absolute Gasteiger partial charge is 0.319 e. The zero-order valence-corrected chi connectivity index (χ0v) is 11.0. The van der Waals surface area contributed by atoms with Crippen molar-refractivity contribution in [2.24, 2.45) is 0 Å². The van der Waals surface area contributed by atoms with E-state index in [-0.39, 0.29) is 11.4 Å². The lowest BCUT2D eigenvalue weighted by molar-refractivity contribution is -0.384. The highest BCUT2D eigenvalue weighted by Crippen LogP contribution is 2.17. The first-order chi connectivity index (χ1) is 9.46. The van der Waals surface area contributed by atoms with Crippen molar-refractivity contribution in [1.29, 1.82) is 0 Å². The molecular weight excluding hydrogens is 266 g/mol. The highest BCUT2D eigenvalue weighted by Gasteiger charge is 2.28. The van der Waals surface area contributed by atoms with E-state index in [9.17, 15) is 25.1 Å². The molecule has 0 heterocycles. The van der Waals surface area contributed by atoms with Gasteiger partial charge in [0.25, 0.3) is 5.69 Å². The summed E-state index contributed by atoms with van der Waals surface area (Å²) in [4.78, 5) is 21.8. The van der Waals surface area contributed by atoms with Crippen LogP contribution in [0.1, 0.15) is 13.3 Å². The number of nitro benzene ring substituents is 1. The van der Waals surface area contributed by atoms with Crippen molar-refractivity contribution in [2.75, 3.05) is 18.5 Å². The van der Waals surface area contributed by atoms with Crippen LogP contribution >= 0.6 is 0 Å². The number of nitrogens with one attached hydrogen (secondary N) is 2. The number of carbonyl (C=O) groups is 1. The van der Waals surface area contributed by atoms with E-state index < -0.39 is 29.7 Å². The van der Waals surface area contributed by atoms with Crippen LogP contribution in [0.2, 0.25) is 0 Å². The van der Waals surface area contributed by atoms with E-state index >= 15 is 0 Å². The molecule has 0 aromatic heterocycles. The number of nitro groups is 1. The maximum absolute atomic E-state index is 11.8. The lowest BCUT2D eigenvalue weighted by atomic mass is 9.99. The Kier molecular flexibility index (Phi) is 5.42. The lowest BCUT2D eigenvalue weighted by Crippen LogP contribution is -2.55. The predicted molar refractivity (Wildman–Crippen MR) is 72.4 cm³/mol. The Morgan fingerprint density at radius 3 is 2.55 bits per heavy atom. The van der Waals surface area contributed by atoms with Gasteiger partial charge >= 0.3 is 6.03 Å². The third-order valence-electron chi connectivity index (χ3n) is 2.98. The summed E-state index contributed by atoms with van der Waals surface area (Å²) in [5.41, 5.74) is -1.02. The molecule has 1 aromatic rings. The van der Waals surface area contributed by atoms with Crippen molar-refractivity contribution < 1.29 is 19.9 Å². The molecule has 0 aliphatic carbocycles. The van der Waals surface area contributed by atoms with Gasteiger partial charge in [0.05, 0.1) is 23.7 Å². The number of benzene rings is 1. The number of nitrogens with zero attached hydrogens (tertiary/aromatic N) is 1. The highest BCUT2D eigenvalue weighted by atomic mass is 16.6. The van der Waals surface area contributed by atoms with Crippen LogP contribution in [-0.4, -0.2) is 39.9 Å². The number of carbonyl (C=O) groups excluding carboxylic acids is 1. The van der Waals surface area contributed by atoms with Crippen LogP contribution < -0.4 is 10.6 Å². The molecule has 0 aliphatic rings. The Hall–Kier alpha value is -2.19. The molecule has 0 unspecified atom stereocenters. The number of aliphatic hydroxyl groups excluding tert-OH is 2. The molecule has 0 radical (unpaired) electrons. The van der Waals surface area contributed by atoms with Gasteiger partial charge in [0.2, 0.25) is 0 Å². The Labute approximate surface area is 115 Å². The standard InChI is InChI=1S/C12H17N3O5/c1-2-12(7-16,8-17)14-11(18)13-9-4-3-5-10(6-9)15(19)20/h3-6,16-17H,2,7-8H2,1H3,(H2,13,14,18). The van der Waals surface area contributed by atoms with E-state index in [0.717, 1.165) is 0 Å². The number of hydrogen-bond acceptors (Lipinski definition) is 5. The van der Waals surface area contributed by atoms with Crippen molar-refractivity contribution >= 4 is 17.4 Å². The number of amides is 2. The topological polar surface area (TPSA) is 125 Å². The number of rotatable bonds is 6. The van der Waals surface area contributed by atoms with Gasteiger partial charge in [-0.15, -0.1) is 0 Å². The average Bonchev–Trinajstić information content (AvgIpc) is 2.45. The Morgan fingerprint density at radius 1 is 1.40 bits per heavy atom. The molecule has 20 heavy (non-hydrogen) atoms. The molecule has 0 saturated heterocycles. The summed E-state index contributed by atoms with van der Waals surface area (Å²) in [6.45, 7) is 0.880. The van der Waals surface area contributed by atoms with E-state index in [4.69, 9.17) is 0 Å². The zero-order valence-electron chi connectivity index (χ0n) is 11.0. The summed E-state index contributed by atoms with van der Waals surface area (Å²) in [5.74, 6) is 0.